The van der Waals surface area contributed by atoms with Crippen molar-refractivity contribution in [3.8, 4) is 0 Å². The molecule has 1 atom stereocenters. The van der Waals surface area contributed by atoms with Crippen LogP contribution in [0.5, 0.6) is 0 Å². The van der Waals surface area contributed by atoms with Crippen molar-refractivity contribution in [2.45, 2.75) is 6.10 Å². The van der Waals surface area contributed by atoms with Gasteiger partial charge in [0, 0.05) is 16.6 Å². The number of benzene rings is 2. The quantitative estimate of drug-likeness (QED) is 0.805. The molecule has 2 N–H and O–H groups in total. The fourth-order valence-corrected chi connectivity index (χ4v) is 2.78. The van der Waals surface area contributed by atoms with Gasteiger partial charge < -0.3 is 10.4 Å². The average molecular weight is 379 g/mol. The van der Waals surface area contributed by atoms with E-state index in [1.54, 1.807) is 36.4 Å². The van der Waals surface area contributed by atoms with Gasteiger partial charge in [0.05, 0.1) is 21.7 Å². The molecule has 0 saturated carbocycles. The Hall–Kier alpha value is -0.970. The smallest absolute Gasteiger partial charge is 0.252 e. The fourth-order valence-electron chi connectivity index (χ4n) is 1.85. The summed E-state index contributed by atoms with van der Waals surface area (Å²) in [5.74, 6) is -0.431. The highest BCUT2D eigenvalue weighted by Gasteiger charge is 2.15. The summed E-state index contributed by atoms with van der Waals surface area (Å²) in [5, 5.41) is 14.0. The normalized spacial score (nSPS) is 12.0. The molecule has 0 radical (unpaired) electrons. The molecule has 0 fully saturated rings. The molecule has 3 nitrogen and oxygen atoms in total. The Morgan fingerprint density at radius 2 is 1.73 bits per heavy atom. The molecule has 2 aromatic rings. The maximum Gasteiger partial charge on any atom is 0.252 e. The first kappa shape index (κ1) is 17.4. The molecule has 0 spiro atoms. The van der Waals surface area contributed by atoms with Gasteiger partial charge in [0.25, 0.3) is 5.91 Å². The third-order valence-corrected chi connectivity index (χ3v) is 4.18. The molecule has 0 aliphatic heterocycles. The highest BCUT2D eigenvalue weighted by Crippen LogP contribution is 2.26. The van der Waals surface area contributed by atoms with Gasteiger partial charge in [-0.15, -0.1) is 0 Å². The van der Waals surface area contributed by atoms with Crippen molar-refractivity contribution >= 4 is 52.3 Å². The van der Waals surface area contributed by atoms with Crippen LogP contribution in [0, 0.1) is 0 Å². The minimum Gasteiger partial charge on any atom is -0.387 e. The number of carbonyl (C=O) groups excluding carboxylic acids is 1. The molecule has 116 valence electrons. The lowest BCUT2D eigenvalue weighted by molar-refractivity contribution is 0.0916. The number of rotatable bonds is 4. The fraction of sp³-hybridized carbons (Fsp3) is 0.133. The van der Waals surface area contributed by atoms with E-state index in [0.717, 1.165) is 0 Å². The molecule has 7 heteroatoms. The van der Waals surface area contributed by atoms with E-state index in [2.05, 4.69) is 5.32 Å². The van der Waals surface area contributed by atoms with Crippen LogP contribution in [0.1, 0.15) is 22.0 Å². The standard InChI is InChI=1S/C15H11Cl4NO2/c16-9-4-8(5-10(17)6-9)13(21)7-20-15(22)11-2-1-3-12(18)14(11)19/h1-6,13,21H,7H2,(H,20,22). The molecule has 22 heavy (non-hydrogen) atoms. The highest BCUT2D eigenvalue weighted by molar-refractivity contribution is 6.43. The highest BCUT2D eigenvalue weighted by atomic mass is 35.5. The molecule has 0 heterocycles. The molecule has 0 bridgehead atoms. The van der Waals surface area contributed by atoms with E-state index >= 15 is 0 Å². The van der Waals surface area contributed by atoms with E-state index in [-0.39, 0.29) is 22.2 Å². The van der Waals surface area contributed by atoms with E-state index < -0.39 is 12.0 Å². The Morgan fingerprint density at radius 1 is 1.09 bits per heavy atom. The zero-order valence-corrected chi connectivity index (χ0v) is 14.1. The Labute approximate surface area is 147 Å². The van der Waals surface area contributed by atoms with Crippen LogP contribution in [0.25, 0.3) is 0 Å². The number of aliphatic hydroxyl groups is 1. The van der Waals surface area contributed by atoms with Crippen LogP contribution in [-0.2, 0) is 0 Å². The van der Waals surface area contributed by atoms with Gasteiger partial charge in [-0.3, -0.25) is 4.79 Å². The molecule has 0 aliphatic carbocycles. The van der Waals surface area contributed by atoms with E-state index in [9.17, 15) is 9.90 Å². The molecular weight excluding hydrogens is 368 g/mol. The first-order valence-corrected chi connectivity index (χ1v) is 7.76. The van der Waals surface area contributed by atoms with Gasteiger partial charge in [-0.25, -0.2) is 0 Å². The van der Waals surface area contributed by atoms with Crippen LogP contribution < -0.4 is 5.32 Å². The second kappa shape index (κ2) is 7.53. The summed E-state index contributed by atoms with van der Waals surface area (Å²) in [6.45, 7) is -0.0155. The van der Waals surface area contributed by atoms with Crippen molar-refractivity contribution < 1.29 is 9.90 Å². The SMILES string of the molecule is O=C(NCC(O)c1cc(Cl)cc(Cl)c1)c1cccc(Cl)c1Cl. The Morgan fingerprint density at radius 3 is 2.36 bits per heavy atom. The molecule has 0 saturated heterocycles. The first-order valence-electron chi connectivity index (χ1n) is 6.24. The average Bonchev–Trinajstić information content (AvgIpc) is 2.46. The van der Waals surface area contributed by atoms with Crippen LogP contribution >= 0.6 is 46.4 Å². The van der Waals surface area contributed by atoms with Gasteiger partial charge in [0.2, 0.25) is 0 Å². The van der Waals surface area contributed by atoms with Gasteiger partial charge in [-0.05, 0) is 35.9 Å². The predicted octanol–water partition coefficient (Wildman–Crippen LogP) is 4.76. The lowest BCUT2D eigenvalue weighted by atomic mass is 10.1. The van der Waals surface area contributed by atoms with Crippen LogP contribution in [0.2, 0.25) is 20.1 Å². The van der Waals surface area contributed by atoms with Crippen molar-refractivity contribution in [1.29, 1.82) is 0 Å². The molecule has 2 aromatic carbocycles. The number of carbonyl (C=O) groups is 1. The predicted molar refractivity (Wildman–Crippen MR) is 90.2 cm³/mol. The lowest BCUT2D eigenvalue weighted by Gasteiger charge is -2.14. The van der Waals surface area contributed by atoms with Crippen molar-refractivity contribution in [3.05, 3.63) is 67.6 Å². The van der Waals surface area contributed by atoms with Gasteiger partial charge >= 0.3 is 0 Å². The number of halogens is 4. The number of aliphatic hydroxyl groups excluding tert-OH is 1. The Balaban J connectivity index is 2.06. The second-order valence-corrected chi connectivity index (χ2v) is 6.19. The summed E-state index contributed by atoms with van der Waals surface area (Å²) < 4.78 is 0. The summed E-state index contributed by atoms with van der Waals surface area (Å²) in [6.07, 6.45) is -0.946. The van der Waals surface area contributed by atoms with Crippen LogP contribution in [-0.4, -0.2) is 17.6 Å². The second-order valence-electron chi connectivity index (χ2n) is 4.53. The first-order chi connectivity index (χ1) is 10.4. The van der Waals surface area contributed by atoms with Gasteiger partial charge in [-0.2, -0.15) is 0 Å². The third kappa shape index (κ3) is 4.28. The zero-order valence-electron chi connectivity index (χ0n) is 11.1. The molecule has 0 aliphatic rings. The van der Waals surface area contributed by atoms with Crippen molar-refractivity contribution in [1.82, 2.24) is 5.32 Å². The molecule has 2 rings (SSSR count). The lowest BCUT2D eigenvalue weighted by Crippen LogP contribution is -2.28. The van der Waals surface area contributed by atoms with Crippen LogP contribution in [0.4, 0.5) is 0 Å². The van der Waals surface area contributed by atoms with Crippen LogP contribution in [0.3, 0.4) is 0 Å². The zero-order chi connectivity index (χ0) is 16.3. The summed E-state index contributed by atoms with van der Waals surface area (Å²) in [6, 6.07) is 9.48. The van der Waals surface area contributed by atoms with E-state index in [1.807, 2.05) is 0 Å². The number of nitrogens with one attached hydrogen (secondary N) is 1. The largest absolute Gasteiger partial charge is 0.387 e. The minimum absolute atomic E-state index is 0.0155. The van der Waals surface area contributed by atoms with Crippen molar-refractivity contribution in [2.75, 3.05) is 6.54 Å². The molecule has 1 unspecified atom stereocenters. The summed E-state index contributed by atoms with van der Waals surface area (Å²) >= 11 is 23.6. The van der Waals surface area contributed by atoms with E-state index in [1.165, 1.54) is 0 Å². The molecule has 0 aromatic heterocycles. The van der Waals surface area contributed by atoms with Gasteiger partial charge in [0.15, 0.2) is 0 Å². The molecule has 1 amide bonds. The van der Waals surface area contributed by atoms with E-state index in [0.29, 0.717) is 15.6 Å². The summed E-state index contributed by atoms with van der Waals surface area (Å²) in [5.41, 5.74) is 0.750. The van der Waals surface area contributed by atoms with Crippen molar-refractivity contribution in [3.63, 3.8) is 0 Å². The monoisotopic (exact) mass is 377 g/mol. The minimum atomic E-state index is -0.946. The Bertz CT molecular complexity index is 686. The number of hydrogen-bond acceptors (Lipinski definition) is 2. The van der Waals surface area contributed by atoms with Gasteiger partial charge in [-0.1, -0.05) is 52.5 Å². The summed E-state index contributed by atoms with van der Waals surface area (Å²) in [7, 11) is 0. The third-order valence-electron chi connectivity index (χ3n) is 2.92. The van der Waals surface area contributed by atoms with Crippen molar-refractivity contribution in [2.24, 2.45) is 0 Å². The number of hydrogen-bond donors (Lipinski definition) is 2. The maximum absolute atomic E-state index is 12.1. The number of amides is 1. The van der Waals surface area contributed by atoms with Crippen LogP contribution in [0.15, 0.2) is 36.4 Å². The van der Waals surface area contributed by atoms with Gasteiger partial charge in [0.1, 0.15) is 0 Å². The topological polar surface area (TPSA) is 49.3 Å². The molecular formula is C15H11Cl4NO2. The maximum atomic E-state index is 12.1. The summed E-state index contributed by atoms with van der Waals surface area (Å²) in [4.78, 5) is 12.1. The van der Waals surface area contributed by atoms with E-state index in [4.69, 9.17) is 46.4 Å². The Kier molecular flexibility index (Phi) is 5.95.